The molecule has 2 aliphatic rings. The second-order valence-electron chi connectivity index (χ2n) is 6.92. The summed E-state index contributed by atoms with van der Waals surface area (Å²) in [6.07, 6.45) is 2.19. The minimum atomic E-state index is -0.501. The summed E-state index contributed by atoms with van der Waals surface area (Å²) in [5, 5.41) is 0. The average Bonchev–Trinajstić information content (AvgIpc) is 3.22. The molecule has 2 fully saturated rings. The van der Waals surface area contributed by atoms with Crippen molar-refractivity contribution in [1.29, 1.82) is 0 Å². The number of benzene rings is 1. The lowest BCUT2D eigenvalue weighted by Crippen LogP contribution is -2.52. The highest BCUT2D eigenvalue weighted by atomic mass is 16.5. The van der Waals surface area contributed by atoms with Crippen molar-refractivity contribution < 1.29 is 19.1 Å². The van der Waals surface area contributed by atoms with E-state index in [4.69, 9.17) is 10.5 Å². The molecule has 2 saturated heterocycles. The van der Waals surface area contributed by atoms with E-state index in [2.05, 4.69) is 4.90 Å². The average molecular weight is 374 g/mol. The number of ether oxygens (including phenoxy) is 1. The molecule has 0 spiro atoms. The molecule has 0 atom stereocenters. The Balaban J connectivity index is 1.39. The lowest BCUT2D eigenvalue weighted by molar-refractivity contribution is -0.136. The van der Waals surface area contributed by atoms with Gasteiger partial charge in [0.2, 0.25) is 11.8 Å². The normalized spacial score (nSPS) is 17.8. The molecule has 8 nitrogen and oxygen atoms in total. The van der Waals surface area contributed by atoms with E-state index in [-0.39, 0.29) is 18.4 Å². The molecule has 0 unspecified atom stereocenters. The van der Waals surface area contributed by atoms with E-state index in [1.54, 1.807) is 29.2 Å². The van der Waals surface area contributed by atoms with Gasteiger partial charge in [-0.3, -0.25) is 19.3 Å². The first-order valence-corrected chi connectivity index (χ1v) is 9.33. The van der Waals surface area contributed by atoms with Gasteiger partial charge in [0.15, 0.2) is 6.61 Å². The molecule has 0 radical (unpaired) electrons. The van der Waals surface area contributed by atoms with Gasteiger partial charge in [-0.1, -0.05) is 0 Å². The van der Waals surface area contributed by atoms with Crippen LogP contribution in [-0.2, 0) is 9.59 Å². The zero-order valence-electron chi connectivity index (χ0n) is 15.4. The van der Waals surface area contributed by atoms with Crippen LogP contribution in [0.1, 0.15) is 23.2 Å². The highest BCUT2D eigenvalue weighted by Gasteiger charge is 2.25. The van der Waals surface area contributed by atoms with Crippen molar-refractivity contribution in [2.45, 2.75) is 12.8 Å². The SMILES string of the molecule is NC(=O)c1ccc(OCC(=O)N2CCN(CC(=O)N3CCCC3)CC2)cc1. The van der Waals surface area contributed by atoms with Crippen LogP contribution in [0.5, 0.6) is 5.75 Å². The Hall–Kier alpha value is -2.61. The van der Waals surface area contributed by atoms with Gasteiger partial charge in [-0.15, -0.1) is 0 Å². The third-order valence-corrected chi connectivity index (χ3v) is 5.04. The number of primary amides is 1. The van der Waals surface area contributed by atoms with E-state index in [9.17, 15) is 14.4 Å². The minimum Gasteiger partial charge on any atom is -0.484 e. The number of nitrogens with two attached hydrogens (primary N) is 1. The molecule has 0 saturated carbocycles. The summed E-state index contributed by atoms with van der Waals surface area (Å²) in [4.78, 5) is 41.4. The highest BCUT2D eigenvalue weighted by molar-refractivity contribution is 5.92. The fourth-order valence-corrected chi connectivity index (χ4v) is 3.36. The molecule has 27 heavy (non-hydrogen) atoms. The number of hydrogen-bond donors (Lipinski definition) is 1. The maximum absolute atomic E-state index is 12.3. The Kier molecular flexibility index (Phi) is 6.28. The van der Waals surface area contributed by atoms with Gasteiger partial charge in [0.25, 0.3) is 5.91 Å². The zero-order valence-corrected chi connectivity index (χ0v) is 15.4. The Bertz CT molecular complexity index is 677. The largest absolute Gasteiger partial charge is 0.484 e. The summed E-state index contributed by atoms with van der Waals surface area (Å²) >= 11 is 0. The summed E-state index contributed by atoms with van der Waals surface area (Å²) < 4.78 is 5.50. The van der Waals surface area contributed by atoms with Crippen LogP contribution in [0.2, 0.25) is 0 Å². The molecule has 2 heterocycles. The third-order valence-electron chi connectivity index (χ3n) is 5.04. The van der Waals surface area contributed by atoms with Crippen LogP contribution in [0.25, 0.3) is 0 Å². The number of hydrogen-bond acceptors (Lipinski definition) is 5. The van der Waals surface area contributed by atoms with Gasteiger partial charge in [0, 0.05) is 44.8 Å². The maximum atomic E-state index is 12.3. The second kappa shape index (κ2) is 8.85. The molecular formula is C19H26N4O4. The quantitative estimate of drug-likeness (QED) is 0.752. The number of carbonyl (C=O) groups excluding carboxylic acids is 3. The lowest BCUT2D eigenvalue weighted by atomic mass is 10.2. The predicted octanol–water partition coefficient (Wildman–Crippen LogP) is -0.0691. The number of piperazine rings is 1. The van der Waals surface area contributed by atoms with Crippen LogP contribution in [-0.4, -0.2) is 84.8 Å². The van der Waals surface area contributed by atoms with Crippen molar-refractivity contribution in [3.8, 4) is 5.75 Å². The Morgan fingerprint density at radius 2 is 1.44 bits per heavy atom. The fraction of sp³-hybridized carbons (Fsp3) is 0.526. The standard InChI is InChI=1S/C19H26N4O4/c20-19(26)15-3-5-16(6-4-15)27-14-18(25)23-11-9-21(10-12-23)13-17(24)22-7-1-2-8-22/h3-6H,1-2,7-14H2,(H2,20,26). The first-order chi connectivity index (χ1) is 13.0. The molecule has 146 valence electrons. The van der Waals surface area contributed by atoms with Gasteiger partial charge in [-0.25, -0.2) is 0 Å². The van der Waals surface area contributed by atoms with Gasteiger partial charge < -0.3 is 20.3 Å². The summed E-state index contributed by atoms with van der Waals surface area (Å²) in [5.41, 5.74) is 5.59. The van der Waals surface area contributed by atoms with Gasteiger partial charge in [0.05, 0.1) is 6.54 Å². The minimum absolute atomic E-state index is 0.0529. The predicted molar refractivity (Wildman–Crippen MR) is 99.3 cm³/mol. The Labute approximate surface area is 158 Å². The first-order valence-electron chi connectivity index (χ1n) is 9.33. The van der Waals surface area contributed by atoms with Crippen molar-refractivity contribution in [3.63, 3.8) is 0 Å². The number of carbonyl (C=O) groups is 3. The molecule has 2 aliphatic heterocycles. The molecule has 3 rings (SSSR count). The maximum Gasteiger partial charge on any atom is 0.260 e. The topological polar surface area (TPSA) is 96.2 Å². The van der Waals surface area contributed by atoms with Gasteiger partial charge in [-0.2, -0.15) is 0 Å². The van der Waals surface area contributed by atoms with Crippen molar-refractivity contribution in [2.24, 2.45) is 5.73 Å². The number of likely N-dealkylation sites (tertiary alicyclic amines) is 1. The van der Waals surface area contributed by atoms with Crippen LogP contribution in [0.4, 0.5) is 0 Å². The van der Waals surface area contributed by atoms with Gasteiger partial charge >= 0.3 is 0 Å². The summed E-state index contributed by atoms with van der Waals surface area (Å²) in [6, 6.07) is 6.38. The second-order valence-corrected chi connectivity index (χ2v) is 6.92. The van der Waals surface area contributed by atoms with E-state index < -0.39 is 5.91 Å². The van der Waals surface area contributed by atoms with E-state index in [1.165, 1.54) is 0 Å². The Morgan fingerprint density at radius 3 is 2.04 bits per heavy atom. The third kappa shape index (κ3) is 5.19. The van der Waals surface area contributed by atoms with E-state index in [1.807, 2.05) is 4.90 Å². The molecule has 1 aromatic rings. The van der Waals surface area contributed by atoms with Crippen LogP contribution in [0.3, 0.4) is 0 Å². The summed E-state index contributed by atoms with van der Waals surface area (Å²) in [7, 11) is 0. The zero-order chi connectivity index (χ0) is 19.2. The van der Waals surface area contributed by atoms with Crippen molar-refractivity contribution in [3.05, 3.63) is 29.8 Å². The fourth-order valence-electron chi connectivity index (χ4n) is 3.36. The molecule has 0 aromatic heterocycles. The van der Waals surface area contributed by atoms with Crippen LogP contribution in [0, 0.1) is 0 Å². The number of amides is 3. The van der Waals surface area contributed by atoms with Crippen molar-refractivity contribution in [1.82, 2.24) is 14.7 Å². The Morgan fingerprint density at radius 1 is 0.852 bits per heavy atom. The number of rotatable bonds is 6. The van der Waals surface area contributed by atoms with Crippen molar-refractivity contribution in [2.75, 3.05) is 52.4 Å². The lowest BCUT2D eigenvalue weighted by Gasteiger charge is -2.35. The molecule has 8 heteroatoms. The smallest absolute Gasteiger partial charge is 0.260 e. The first kappa shape index (κ1) is 19.2. The molecular weight excluding hydrogens is 348 g/mol. The van der Waals surface area contributed by atoms with E-state index >= 15 is 0 Å². The molecule has 0 aliphatic carbocycles. The monoisotopic (exact) mass is 374 g/mol. The van der Waals surface area contributed by atoms with Gasteiger partial charge in [-0.05, 0) is 37.1 Å². The van der Waals surface area contributed by atoms with Crippen LogP contribution < -0.4 is 10.5 Å². The number of nitrogens with zero attached hydrogens (tertiary/aromatic N) is 3. The highest BCUT2D eigenvalue weighted by Crippen LogP contribution is 2.13. The molecule has 2 N–H and O–H groups in total. The molecule has 1 aromatic carbocycles. The summed E-state index contributed by atoms with van der Waals surface area (Å²) in [5.74, 6) is 0.122. The van der Waals surface area contributed by atoms with E-state index in [0.29, 0.717) is 44.0 Å². The van der Waals surface area contributed by atoms with Crippen LogP contribution >= 0.6 is 0 Å². The van der Waals surface area contributed by atoms with Crippen molar-refractivity contribution >= 4 is 17.7 Å². The van der Waals surface area contributed by atoms with Gasteiger partial charge in [0.1, 0.15) is 5.75 Å². The summed E-state index contributed by atoms with van der Waals surface area (Å²) in [6.45, 7) is 4.70. The van der Waals surface area contributed by atoms with E-state index in [0.717, 1.165) is 25.9 Å². The molecule has 0 bridgehead atoms. The van der Waals surface area contributed by atoms with Crippen LogP contribution in [0.15, 0.2) is 24.3 Å². The molecule has 3 amide bonds.